The van der Waals surface area contributed by atoms with Crippen LogP contribution in [0.5, 0.6) is 0 Å². The predicted molar refractivity (Wildman–Crippen MR) is 62.4 cm³/mol. The quantitative estimate of drug-likeness (QED) is 0.385. The number of amides is 1. The molecule has 1 fully saturated rings. The molecule has 1 saturated carbocycles. The van der Waals surface area contributed by atoms with Crippen LogP contribution in [0.3, 0.4) is 0 Å². The number of hydrogen-bond acceptors (Lipinski definition) is 3. The Morgan fingerprint density at radius 1 is 1.50 bits per heavy atom. The zero-order valence-electron chi connectivity index (χ0n) is 9.42. The number of nitrogens with two attached hydrogens (primary N) is 1. The lowest BCUT2D eigenvalue weighted by atomic mass is 9.81. The summed E-state index contributed by atoms with van der Waals surface area (Å²) in [6.45, 7) is 3.63. The van der Waals surface area contributed by atoms with Gasteiger partial charge < -0.3 is 15.8 Å². The number of nitrogens with one attached hydrogen (secondary N) is 2. The number of hydrogen-bond donors (Lipinski definition) is 3. The lowest BCUT2D eigenvalue weighted by Gasteiger charge is -2.36. The fourth-order valence-corrected chi connectivity index (χ4v) is 1.98. The summed E-state index contributed by atoms with van der Waals surface area (Å²) < 4.78 is 4.85. The van der Waals surface area contributed by atoms with Gasteiger partial charge in [0.2, 0.25) is 0 Å². The summed E-state index contributed by atoms with van der Waals surface area (Å²) in [7, 11) is 0. The smallest absolute Gasteiger partial charge is 0.408 e. The first-order valence-corrected chi connectivity index (χ1v) is 5.51. The first-order chi connectivity index (χ1) is 7.60. The minimum Gasteiger partial charge on any atom is -0.445 e. The highest BCUT2D eigenvalue weighted by atomic mass is 16.5. The molecule has 0 atom stereocenters. The standard InChI is InChI=1S/C11H19N3O2/c1-2-8-16-10(15)14-11(9(12)13)6-4-3-5-7-11/h2H,1,3-8H2,(H3,12,13)(H,14,15). The van der Waals surface area contributed by atoms with Gasteiger partial charge in [-0.2, -0.15) is 0 Å². The zero-order chi connectivity index (χ0) is 12.0. The van der Waals surface area contributed by atoms with E-state index in [2.05, 4.69) is 11.9 Å². The Morgan fingerprint density at radius 3 is 2.62 bits per heavy atom. The van der Waals surface area contributed by atoms with E-state index in [1.54, 1.807) is 0 Å². The SMILES string of the molecule is C=CCOC(=O)NC1(C(=N)N)CCCCC1. The van der Waals surface area contributed by atoms with Crippen molar-refractivity contribution in [2.45, 2.75) is 37.6 Å². The van der Waals surface area contributed by atoms with Gasteiger partial charge in [-0.05, 0) is 12.8 Å². The molecule has 1 aliphatic rings. The van der Waals surface area contributed by atoms with E-state index in [9.17, 15) is 4.79 Å². The summed E-state index contributed by atoms with van der Waals surface area (Å²) in [5.41, 5.74) is 4.87. The van der Waals surface area contributed by atoms with Gasteiger partial charge in [-0.3, -0.25) is 5.41 Å². The minimum absolute atomic E-state index is 0.0164. The van der Waals surface area contributed by atoms with Gasteiger partial charge in [-0.15, -0.1) is 0 Å². The van der Waals surface area contributed by atoms with Gasteiger partial charge >= 0.3 is 6.09 Å². The summed E-state index contributed by atoms with van der Waals surface area (Å²) in [6, 6.07) is 0. The first kappa shape index (κ1) is 12.5. The largest absolute Gasteiger partial charge is 0.445 e. The van der Waals surface area contributed by atoms with Gasteiger partial charge in [-0.25, -0.2) is 4.79 Å². The van der Waals surface area contributed by atoms with Crippen molar-refractivity contribution in [2.24, 2.45) is 5.73 Å². The molecule has 1 aliphatic carbocycles. The lowest BCUT2D eigenvalue weighted by Crippen LogP contribution is -2.58. The fourth-order valence-electron chi connectivity index (χ4n) is 1.98. The third-order valence-corrected chi connectivity index (χ3v) is 2.90. The van der Waals surface area contributed by atoms with Crippen molar-refractivity contribution >= 4 is 11.9 Å². The monoisotopic (exact) mass is 225 g/mol. The van der Waals surface area contributed by atoms with Crippen LogP contribution in [0.25, 0.3) is 0 Å². The van der Waals surface area contributed by atoms with Crippen LogP contribution in [0, 0.1) is 5.41 Å². The molecule has 0 heterocycles. The molecule has 0 aliphatic heterocycles. The number of carbonyl (C=O) groups is 1. The average Bonchev–Trinajstić information content (AvgIpc) is 2.27. The van der Waals surface area contributed by atoms with Crippen molar-refractivity contribution in [3.05, 3.63) is 12.7 Å². The topological polar surface area (TPSA) is 88.2 Å². The van der Waals surface area contributed by atoms with E-state index >= 15 is 0 Å². The third-order valence-electron chi connectivity index (χ3n) is 2.90. The van der Waals surface area contributed by atoms with E-state index in [0.29, 0.717) is 12.8 Å². The van der Waals surface area contributed by atoms with Crippen molar-refractivity contribution in [1.82, 2.24) is 5.32 Å². The van der Waals surface area contributed by atoms with Crippen LogP contribution in [-0.2, 0) is 4.74 Å². The molecule has 5 heteroatoms. The number of alkyl carbamates (subject to hydrolysis) is 1. The molecule has 5 nitrogen and oxygen atoms in total. The van der Waals surface area contributed by atoms with Crippen molar-refractivity contribution in [1.29, 1.82) is 5.41 Å². The molecule has 0 unspecified atom stereocenters. The number of amidine groups is 1. The maximum Gasteiger partial charge on any atom is 0.408 e. The van der Waals surface area contributed by atoms with Gasteiger partial charge in [0.15, 0.2) is 0 Å². The average molecular weight is 225 g/mol. The second-order valence-corrected chi connectivity index (χ2v) is 4.07. The molecule has 1 rings (SSSR count). The highest BCUT2D eigenvalue weighted by molar-refractivity contribution is 5.90. The molecule has 0 saturated heterocycles. The molecule has 0 aromatic carbocycles. The molecular formula is C11H19N3O2. The van der Waals surface area contributed by atoms with E-state index in [1.807, 2.05) is 0 Å². The second-order valence-electron chi connectivity index (χ2n) is 4.07. The van der Waals surface area contributed by atoms with E-state index in [4.69, 9.17) is 15.9 Å². The molecule has 90 valence electrons. The van der Waals surface area contributed by atoms with E-state index in [-0.39, 0.29) is 12.4 Å². The highest BCUT2D eigenvalue weighted by Crippen LogP contribution is 2.28. The molecule has 0 aromatic rings. The molecule has 16 heavy (non-hydrogen) atoms. The van der Waals surface area contributed by atoms with Crippen molar-refractivity contribution in [3.63, 3.8) is 0 Å². The van der Waals surface area contributed by atoms with Crippen LogP contribution in [0.1, 0.15) is 32.1 Å². The van der Waals surface area contributed by atoms with Crippen LogP contribution in [0.2, 0.25) is 0 Å². The van der Waals surface area contributed by atoms with E-state index < -0.39 is 11.6 Å². The Hall–Kier alpha value is -1.52. The molecule has 4 N–H and O–H groups in total. The first-order valence-electron chi connectivity index (χ1n) is 5.51. The number of ether oxygens (including phenoxy) is 1. The summed E-state index contributed by atoms with van der Waals surface area (Å²) >= 11 is 0. The van der Waals surface area contributed by atoms with Crippen LogP contribution in [-0.4, -0.2) is 24.1 Å². The Labute approximate surface area is 95.5 Å². The van der Waals surface area contributed by atoms with Gasteiger partial charge in [0, 0.05) is 0 Å². The lowest BCUT2D eigenvalue weighted by molar-refractivity contribution is 0.145. The Kier molecular flexibility index (Phi) is 4.34. The number of rotatable bonds is 4. The maximum atomic E-state index is 11.4. The zero-order valence-corrected chi connectivity index (χ0v) is 9.42. The van der Waals surface area contributed by atoms with E-state index in [0.717, 1.165) is 19.3 Å². The molecule has 0 spiro atoms. The normalized spacial score (nSPS) is 18.5. The summed E-state index contributed by atoms with van der Waals surface area (Å²) in [4.78, 5) is 11.4. The Bertz CT molecular complexity index is 283. The Morgan fingerprint density at radius 2 is 2.12 bits per heavy atom. The van der Waals surface area contributed by atoms with E-state index in [1.165, 1.54) is 6.08 Å². The fraction of sp³-hybridized carbons (Fsp3) is 0.636. The van der Waals surface area contributed by atoms with Gasteiger partial charge in [0.1, 0.15) is 12.4 Å². The molecule has 1 amide bonds. The minimum atomic E-state index is -0.698. The van der Waals surface area contributed by atoms with Gasteiger partial charge in [0.05, 0.1) is 5.54 Å². The molecule has 0 radical (unpaired) electrons. The summed E-state index contributed by atoms with van der Waals surface area (Å²) in [6.07, 6.45) is 5.47. The molecular weight excluding hydrogens is 206 g/mol. The van der Waals surface area contributed by atoms with Gasteiger partial charge in [0.25, 0.3) is 0 Å². The van der Waals surface area contributed by atoms with Crippen LogP contribution in [0.4, 0.5) is 4.79 Å². The van der Waals surface area contributed by atoms with Crippen molar-refractivity contribution in [3.8, 4) is 0 Å². The summed E-state index contributed by atoms with van der Waals surface area (Å²) in [5, 5.41) is 10.3. The van der Waals surface area contributed by atoms with Crippen LogP contribution < -0.4 is 11.1 Å². The third kappa shape index (κ3) is 2.98. The Balaban J connectivity index is 2.60. The predicted octanol–water partition coefficient (Wildman–Crippen LogP) is 1.54. The van der Waals surface area contributed by atoms with Crippen LogP contribution >= 0.6 is 0 Å². The van der Waals surface area contributed by atoms with Crippen LogP contribution in [0.15, 0.2) is 12.7 Å². The number of carbonyl (C=O) groups excluding carboxylic acids is 1. The van der Waals surface area contributed by atoms with Crippen molar-refractivity contribution in [2.75, 3.05) is 6.61 Å². The van der Waals surface area contributed by atoms with Gasteiger partial charge in [-0.1, -0.05) is 31.9 Å². The molecule has 0 aromatic heterocycles. The van der Waals surface area contributed by atoms with Crippen molar-refractivity contribution < 1.29 is 9.53 Å². The summed E-state index contributed by atoms with van der Waals surface area (Å²) in [5.74, 6) is 0.0164. The second kappa shape index (κ2) is 5.53. The molecule has 0 bridgehead atoms. The highest BCUT2D eigenvalue weighted by Gasteiger charge is 2.37. The maximum absolute atomic E-state index is 11.4.